The Morgan fingerprint density at radius 3 is 2.50 bits per heavy atom. The minimum absolute atomic E-state index is 0.198. The van der Waals surface area contributed by atoms with Gasteiger partial charge in [-0.2, -0.15) is 0 Å². The fraction of sp³-hybridized carbons (Fsp3) is 0.800. The summed E-state index contributed by atoms with van der Waals surface area (Å²) < 4.78 is 5.32. The Morgan fingerprint density at radius 2 is 2.00 bits per heavy atom. The molecule has 2 heterocycles. The third-order valence-electron chi connectivity index (χ3n) is 4.05. The second-order valence-corrected chi connectivity index (χ2v) is 6.40. The van der Waals surface area contributed by atoms with E-state index in [1.165, 1.54) is 5.57 Å². The fourth-order valence-electron chi connectivity index (χ4n) is 2.75. The Morgan fingerprint density at radius 1 is 1.33 bits per heavy atom. The third kappa shape index (κ3) is 3.14. The van der Waals surface area contributed by atoms with Crippen molar-refractivity contribution in [3.05, 3.63) is 11.6 Å². The van der Waals surface area contributed by atoms with Crippen molar-refractivity contribution in [3.8, 4) is 0 Å². The monoisotopic (exact) mass is 251 g/mol. The van der Waals surface area contributed by atoms with Crippen LogP contribution in [0.1, 0.15) is 40.0 Å². The summed E-state index contributed by atoms with van der Waals surface area (Å²) in [4.78, 5) is 14.4. The summed E-state index contributed by atoms with van der Waals surface area (Å²) in [6, 6.07) is 0. The van der Waals surface area contributed by atoms with Gasteiger partial charge < -0.3 is 9.64 Å². The maximum Gasteiger partial charge on any atom is 0.226 e. The van der Waals surface area contributed by atoms with Crippen LogP contribution in [0.15, 0.2) is 11.6 Å². The number of hydrogen-bond acceptors (Lipinski definition) is 2. The van der Waals surface area contributed by atoms with Crippen LogP contribution < -0.4 is 0 Å². The van der Waals surface area contributed by atoms with E-state index in [4.69, 9.17) is 4.74 Å². The van der Waals surface area contributed by atoms with Crippen molar-refractivity contribution in [2.24, 2.45) is 11.3 Å². The fourth-order valence-corrected chi connectivity index (χ4v) is 2.75. The van der Waals surface area contributed by atoms with E-state index in [1.807, 2.05) is 4.90 Å². The van der Waals surface area contributed by atoms with Crippen molar-refractivity contribution in [3.63, 3.8) is 0 Å². The molecule has 102 valence electrons. The molecule has 2 rings (SSSR count). The van der Waals surface area contributed by atoms with Gasteiger partial charge in [-0.3, -0.25) is 4.79 Å². The topological polar surface area (TPSA) is 29.5 Å². The van der Waals surface area contributed by atoms with E-state index in [9.17, 15) is 4.79 Å². The van der Waals surface area contributed by atoms with E-state index in [0.29, 0.717) is 5.91 Å². The summed E-state index contributed by atoms with van der Waals surface area (Å²) in [5.41, 5.74) is 1.73. The third-order valence-corrected chi connectivity index (χ3v) is 4.05. The zero-order valence-electron chi connectivity index (χ0n) is 11.9. The zero-order valence-corrected chi connectivity index (χ0v) is 11.9. The molecule has 18 heavy (non-hydrogen) atoms. The van der Waals surface area contributed by atoms with Crippen LogP contribution in [0.25, 0.3) is 0 Å². The summed E-state index contributed by atoms with van der Waals surface area (Å²) in [6.45, 7) is 9.90. The molecule has 0 unspecified atom stereocenters. The van der Waals surface area contributed by atoms with Gasteiger partial charge in [-0.05, 0) is 24.7 Å². The van der Waals surface area contributed by atoms with Gasteiger partial charge in [0.05, 0.1) is 0 Å². The van der Waals surface area contributed by atoms with Crippen LogP contribution in [0, 0.1) is 11.3 Å². The van der Waals surface area contributed by atoms with Crippen molar-refractivity contribution in [2.45, 2.75) is 40.0 Å². The molecule has 1 saturated heterocycles. The van der Waals surface area contributed by atoms with Gasteiger partial charge in [0.15, 0.2) is 0 Å². The molecule has 0 aromatic rings. The smallest absolute Gasteiger partial charge is 0.226 e. The molecular weight excluding hydrogens is 226 g/mol. The maximum atomic E-state index is 12.4. The predicted octanol–water partition coefficient (Wildman–Crippen LogP) is 2.62. The SMILES string of the molecule is CC(C)(C)C1=CCN(C(=O)C2CCOCC2)CC1. The van der Waals surface area contributed by atoms with Gasteiger partial charge >= 0.3 is 0 Å². The molecule has 0 bridgehead atoms. The van der Waals surface area contributed by atoms with Crippen LogP contribution in [0.5, 0.6) is 0 Å². The van der Waals surface area contributed by atoms with E-state index in [2.05, 4.69) is 26.8 Å². The Labute approximate surface area is 110 Å². The van der Waals surface area contributed by atoms with Crippen molar-refractivity contribution in [1.82, 2.24) is 4.90 Å². The van der Waals surface area contributed by atoms with E-state index in [-0.39, 0.29) is 11.3 Å². The van der Waals surface area contributed by atoms with Crippen LogP contribution in [-0.4, -0.2) is 37.1 Å². The lowest BCUT2D eigenvalue weighted by Gasteiger charge is -2.34. The Bertz CT molecular complexity index is 335. The van der Waals surface area contributed by atoms with Gasteiger partial charge in [-0.1, -0.05) is 32.4 Å². The number of nitrogens with zero attached hydrogens (tertiary/aromatic N) is 1. The van der Waals surface area contributed by atoms with Gasteiger partial charge in [0.25, 0.3) is 0 Å². The molecule has 0 aromatic carbocycles. The first-order valence-electron chi connectivity index (χ1n) is 7.04. The average Bonchev–Trinajstić information content (AvgIpc) is 2.38. The Balaban J connectivity index is 1.92. The largest absolute Gasteiger partial charge is 0.381 e. The molecule has 3 heteroatoms. The Kier molecular flexibility index (Phi) is 4.10. The highest BCUT2D eigenvalue weighted by molar-refractivity contribution is 5.79. The van der Waals surface area contributed by atoms with Gasteiger partial charge in [-0.25, -0.2) is 0 Å². The quantitative estimate of drug-likeness (QED) is 0.670. The van der Waals surface area contributed by atoms with Gasteiger partial charge in [0.1, 0.15) is 0 Å². The number of carbonyl (C=O) groups is 1. The van der Waals surface area contributed by atoms with Crippen molar-refractivity contribution in [2.75, 3.05) is 26.3 Å². The molecule has 0 radical (unpaired) electrons. The second-order valence-electron chi connectivity index (χ2n) is 6.40. The normalized spacial score (nSPS) is 22.8. The summed E-state index contributed by atoms with van der Waals surface area (Å²) >= 11 is 0. The highest BCUT2D eigenvalue weighted by Crippen LogP contribution is 2.30. The number of ether oxygens (including phenoxy) is 1. The maximum absolute atomic E-state index is 12.4. The minimum atomic E-state index is 0.198. The number of hydrogen-bond donors (Lipinski definition) is 0. The van der Waals surface area contributed by atoms with Gasteiger partial charge in [0.2, 0.25) is 5.91 Å². The summed E-state index contributed by atoms with van der Waals surface area (Å²) in [7, 11) is 0. The summed E-state index contributed by atoms with van der Waals surface area (Å²) in [5, 5.41) is 0. The molecule has 2 aliphatic rings. The van der Waals surface area contributed by atoms with Crippen molar-refractivity contribution in [1.29, 1.82) is 0 Å². The standard InChI is InChI=1S/C15H25NO2/c1-15(2,3)13-4-8-16(9-5-13)14(17)12-6-10-18-11-7-12/h4,12H,5-11H2,1-3H3. The van der Waals surface area contributed by atoms with E-state index >= 15 is 0 Å². The molecule has 0 saturated carbocycles. The molecule has 0 aliphatic carbocycles. The lowest BCUT2D eigenvalue weighted by atomic mass is 9.82. The van der Waals surface area contributed by atoms with E-state index < -0.39 is 0 Å². The van der Waals surface area contributed by atoms with Crippen LogP contribution in [0.3, 0.4) is 0 Å². The molecule has 0 N–H and O–H groups in total. The molecule has 2 aliphatic heterocycles. The Hall–Kier alpha value is -0.830. The van der Waals surface area contributed by atoms with Crippen molar-refractivity contribution < 1.29 is 9.53 Å². The van der Waals surface area contributed by atoms with Gasteiger partial charge in [0, 0.05) is 32.2 Å². The van der Waals surface area contributed by atoms with E-state index in [1.54, 1.807) is 0 Å². The highest BCUT2D eigenvalue weighted by atomic mass is 16.5. The number of carbonyl (C=O) groups excluding carboxylic acids is 1. The first-order valence-corrected chi connectivity index (χ1v) is 7.04. The van der Waals surface area contributed by atoms with Crippen molar-refractivity contribution >= 4 is 5.91 Å². The molecule has 0 atom stereocenters. The van der Waals surface area contributed by atoms with Crippen LogP contribution in [0.2, 0.25) is 0 Å². The molecule has 3 nitrogen and oxygen atoms in total. The number of rotatable bonds is 1. The van der Waals surface area contributed by atoms with E-state index in [0.717, 1.165) is 45.6 Å². The first-order chi connectivity index (χ1) is 8.48. The summed E-state index contributed by atoms with van der Waals surface area (Å²) in [6.07, 6.45) is 5.07. The van der Waals surface area contributed by atoms with Crippen LogP contribution >= 0.6 is 0 Å². The lowest BCUT2D eigenvalue weighted by molar-refractivity contribution is -0.138. The molecular formula is C15H25NO2. The molecule has 1 fully saturated rings. The summed E-state index contributed by atoms with van der Waals surface area (Å²) in [5.74, 6) is 0.533. The second kappa shape index (κ2) is 5.43. The lowest BCUT2D eigenvalue weighted by Crippen LogP contribution is -2.41. The zero-order chi connectivity index (χ0) is 13.2. The molecule has 0 spiro atoms. The molecule has 1 amide bonds. The van der Waals surface area contributed by atoms with Crippen LogP contribution in [-0.2, 0) is 9.53 Å². The average molecular weight is 251 g/mol. The van der Waals surface area contributed by atoms with Crippen LogP contribution in [0.4, 0.5) is 0 Å². The minimum Gasteiger partial charge on any atom is -0.381 e. The predicted molar refractivity (Wildman–Crippen MR) is 72.3 cm³/mol. The number of amides is 1. The van der Waals surface area contributed by atoms with Gasteiger partial charge in [-0.15, -0.1) is 0 Å². The molecule has 0 aromatic heterocycles. The highest BCUT2D eigenvalue weighted by Gasteiger charge is 2.28. The first kappa shape index (κ1) is 13.6.